The van der Waals surface area contributed by atoms with Crippen molar-refractivity contribution in [2.75, 3.05) is 18.1 Å². The average molecular weight is 335 g/mol. The third-order valence-corrected chi connectivity index (χ3v) is 5.86. The minimum Gasteiger partial charge on any atom is -0.493 e. The van der Waals surface area contributed by atoms with Crippen LogP contribution in [0.3, 0.4) is 0 Å². The molecule has 0 radical (unpaired) electrons. The van der Waals surface area contributed by atoms with Gasteiger partial charge in [-0.3, -0.25) is 4.79 Å². The Morgan fingerprint density at radius 3 is 2.88 bits per heavy atom. The van der Waals surface area contributed by atoms with Crippen LogP contribution in [0.2, 0.25) is 0 Å². The fourth-order valence-corrected chi connectivity index (χ4v) is 4.97. The molecule has 0 amide bonds. The second-order valence-corrected chi connectivity index (χ2v) is 7.04. The Morgan fingerprint density at radius 2 is 2.00 bits per heavy atom. The monoisotopic (exact) mass is 335 g/mol. The van der Waals surface area contributed by atoms with E-state index < -0.39 is 0 Å². The number of hydrogen-bond donors (Lipinski definition) is 0. The predicted molar refractivity (Wildman–Crippen MR) is 94.7 cm³/mol. The highest BCUT2D eigenvalue weighted by molar-refractivity contribution is 5.79. The predicted octanol–water partition coefficient (Wildman–Crippen LogP) is 3.36. The van der Waals surface area contributed by atoms with Gasteiger partial charge in [0.2, 0.25) is 0 Å². The summed E-state index contributed by atoms with van der Waals surface area (Å²) >= 11 is 0. The molecule has 3 heterocycles. The molecule has 0 saturated carbocycles. The molecule has 5 rings (SSSR count). The van der Waals surface area contributed by atoms with Crippen molar-refractivity contribution in [1.29, 1.82) is 0 Å². The van der Waals surface area contributed by atoms with Gasteiger partial charge in [-0.05, 0) is 31.0 Å². The van der Waals surface area contributed by atoms with Crippen LogP contribution in [0.1, 0.15) is 24.1 Å². The van der Waals surface area contributed by atoms with Gasteiger partial charge in [0.1, 0.15) is 5.75 Å². The van der Waals surface area contributed by atoms with Crippen molar-refractivity contribution in [2.24, 2.45) is 11.8 Å². The van der Waals surface area contributed by atoms with E-state index >= 15 is 0 Å². The number of nitrogens with zero attached hydrogens (tertiary/aromatic N) is 1. The van der Waals surface area contributed by atoms with Crippen molar-refractivity contribution in [3.63, 3.8) is 0 Å². The van der Waals surface area contributed by atoms with E-state index in [0.29, 0.717) is 13.2 Å². The van der Waals surface area contributed by atoms with Crippen molar-refractivity contribution < 1.29 is 14.3 Å². The molecule has 0 aliphatic carbocycles. The maximum atomic E-state index is 12.8. The molecular formula is C21H21NO3. The van der Waals surface area contributed by atoms with Crippen LogP contribution in [0.5, 0.6) is 5.75 Å². The first-order chi connectivity index (χ1) is 12.3. The summed E-state index contributed by atoms with van der Waals surface area (Å²) in [4.78, 5) is 15.3. The zero-order valence-electron chi connectivity index (χ0n) is 14.2. The van der Waals surface area contributed by atoms with Crippen molar-refractivity contribution in [3.05, 3.63) is 59.7 Å². The summed E-state index contributed by atoms with van der Waals surface area (Å²) in [6, 6.07) is 17.1. The van der Waals surface area contributed by atoms with E-state index in [1.54, 1.807) is 0 Å². The van der Waals surface area contributed by atoms with E-state index in [2.05, 4.69) is 41.3 Å². The molecule has 4 nitrogen and oxygen atoms in total. The smallest absolute Gasteiger partial charge is 0.311 e. The van der Waals surface area contributed by atoms with Crippen LogP contribution in [0.15, 0.2) is 48.5 Å². The molecule has 2 aromatic carbocycles. The number of hydrogen-bond acceptors (Lipinski definition) is 4. The van der Waals surface area contributed by atoms with E-state index in [9.17, 15) is 4.79 Å². The molecule has 0 bridgehead atoms. The maximum Gasteiger partial charge on any atom is 0.311 e. The van der Waals surface area contributed by atoms with Gasteiger partial charge in [0.05, 0.1) is 25.2 Å². The number of benzene rings is 2. The van der Waals surface area contributed by atoms with Crippen molar-refractivity contribution >= 4 is 11.7 Å². The van der Waals surface area contributed by atoms with Crippen LogP contribution in [0, 0.1) is 11.8 Å². The first-order valence-electron chi connectivity index (χ1n) is 9.04. The van der Waals surface area contributed by atoms with Gasteiger partial charge in [-0.25, -0.2) is 0 Å². The molecule has 3 aliphatic heterocycles. The standard InChI is InChI=1S/C21H21NO3/c1-2-24-21(23)19-15-12-25-18-10-6-4-8-14(18)20(15)22-16-9-5-3-7-13(16)11-17(19)22/h3-10,15,17,19-20H,2,11-12H2,1H3/t15-,17-,19-,20-/m1/s1. The number of para-hydroxylation sites is 2. The highest BCUT2D eigenvalue weighted by Gasteiger charge is 2.57. The zero-order valence-corrected chi connectivity index (χ0v) is 14.2. The Morgan fingerprint density at radius 1 is 1.20 bits per heavy atom. The topological polar surface area (TPSA) is 38.8 Å². The molecule has 2 aromatic rings. The molecule has 3 aliphatic rings. The van der Waals surface area contributed by atoms with E-state index in [0.717, 1.165) is 12.2 Å². The number of rotatable bonds is 2. The van der Waals surface area contributed by atoms with Gasteiger partial charge in [0, 0.05) is 23.2 Å². The quantitative estimate of drug-likeness (QED) is 0.789. The molecule has 25 heavy (non-hydrogen) atoms. The Kier molecular flexibility index (Phi) is 3.27. The normalized spacial score (nSPS) is 28.4. The summed E-state index contributed by atoms with van der Waals surface area (Å²) in [5.41, 5.74) is 3.77. The third kappa shape index (κ3) is 2.03. The molecule has 0 N–H and O–H groups in total. The van der Waals surface area contributed by atoms with E-state index in [1.165, 1.54) is 16.8 Å². The summed E-state index contributed by atoms with van der Waals surface area (Å²) in [6.07, 6.45) is 0.898. The summed E-state index contributed by atoms with van der Waals surface area (Å²) in [6.45, 7) is 2.86. The largest absolute Gasteiger partial charge is 0.493 e. The van der Waals surface area contributed by atoms with Gasteiger partial charge in [-0.2, -0.15) is 0 Å². The molecule has 0 aromatic heterocycles. The second kappa shape index (κ2) is 5.51. The summed E-state index contributed by atoms with van der Waals surface area (Å²) in [5, 5.41) is 0. The number of esters is 1. The lowest BCUT2D eigenvalue weighted by molar-refractivity contribution is -0.150. The van der Waals surface area contributed by atoms with Crippen LogP contribution in [-0.2, 0) is 16.0 Å². The molecular weight excluding hydrogens is 314 g/mol. The summed E-state index contributed by atoms with van der Waals surface area (Å²) in [7, 11) is 0. The van der Waals surface area contributed by atoms with Crippen molar-refractivity contribution in [3.8, 4) is 5.75 Å². The maximum absolute atomic E-state index is 12.8. The lowest BCUT2D eigenvalue weighted by atomic mass is 9.82. The number of fused-ring (bicyclic) bond motifs is 7. The Hall–Kier alpha value is -2.49. The molecule has 128 valence electrons. The lowest BCUT2D eigenvalue weighted by Gasteiger charge is -2.35. The van der Waals surface area contributed by atoms with E-state index in [4.69, 9.17) is 9.47 Å². The van der Waals surface area contributed by atoms with Gasteiger partial charge in [0.15, 0.2) is 0 Å². The average Bonchev–Trinajstić information content (AvgIpc) is 3.15. The Balaban J connectivity index is 1.65. The fourth-order valence-electron chi connectivity index (χ4n) is 4.97. The SMILES string of the molecule is CCOC(=O)[C@@H]1[C@H]2COc3ccccc3[C@H]2N2c3ccccc3C[C@H]12. The first kappa shape index (κ1) is 14.8. The van der Waals surface area contributed by atoms with Gasteiger partial charge in [-0.15, -0.1) is 0 Å². The lowest BCUT2D eigenvalue weighted by Crippen LogP contribution is -2.36. The van der Waals surface area contributed by atoms with Gasteiger partial charge in [0.25, 0.3) is 0 Å². The van der Waals surface area contributed by atoms with Gasteiger partial charge < -0.3 is 14.4 Å². The fraction of sp³-hybridized carbons (Fsp3) is 0.381. The highest BCUT2D eigenvalue weighted by Crippen LogP contribution is 2.56. The molecule has 0 spiro atoms. The van der Waals surface area contributed by atoms with Gasteiger partial charge in [-0.1, -0.05) is 36.4 Å². The first-order valence-corrected chi connectivity index (χ1v) is 9.04. The minimum absolute atomic E-state index is 0.0826. The highest BCUT2D eigenvalue weighted by atomic mass is 16.5. The molecule has 4 atom stereocenters. The second-order valence-electron chi connectivity index (χ2n) is 7.04. The third-order valence-electron chi connectivity index (χ3n) is 5.86. The summed E-state index contributed by atoms with van der Waals surface area (Å²) < 4.78 is 11.5. The molecule has 1 fully saturated rings. The van der Waals surface area contributed by atoms with Crippen molar-refractivity contribution in [1.82, 2.24) is 0 Å². The van der Waals surface area contributed by atoms with Crippen molar-refractivity contribution in [2.45, 2.75) is 25.4 Å². The number of anilines is 1. The van der Waals surface area contributed by atoms with Crippen LogP contribution < -0.4 is 9.64 Å². The number of carbonyl (C=O) groups is 1. The van der Waals surface area contributed by atoms with E-state index in [1.807, 2.05) is 19.1 Å². The number of carbonyl (C=O) groups excluding carboxylic acids is 1. The number of ether oxygens (including phenoxy) is 2. The summed E-state index contributed by atoms with van der Waals surface area (Å²) in [5.74, 6) is 0.843. The van der Waals surface area contributed by atoms with Crippen LogP contribution in [0.25, 0.3) is 0 Å². The van der Waals surface area contributed by atoms with Crippen LogP contribution in [-0.4, -0.2) is 25.2 Å². The zero-order chi connectivity index (χ0) is 17.0. The van der Waals surface area contributed by atoms with Gasteiger partial charge >= 0.3 is 5.97 Å². The Bertz CT molecular complexity index is 831. The van der Waals surface area contributed by atoms with Crippen LogP contribution in [0.4, 0.5) is 5.69 Å². The van der Waals surface area contributed by atoms with Crippen LogP contribution >= 0.6 is 0 Å². The Labute approximate surface area is 147 Å². The minimum atomic E-state index is -0.147. The molecule has 0 unspecified atom stereocenters. The van der Waals surface area contributed by atoms with E-state index in [-0.39, 0.29) is 29.9 Å². The molecule has 4 heteroatoms. The molecule has 1 saturated heterocycles.